The fourth-order valence-electron chi connectivity index (χ4n) is 2.39. The molecule has 0 aromatic carbocycles. The van der Waals surface area contributed by atoms with Crippen LogP contribution in [0.1, 0.15) is 31.4 Å². The first kappa shape index (κ1) is 15.7. The Morgan fingerprint density at radius 1 is 1.38 bits per heavy atom. The molecule has 114 valence electrons. The summed E-state index contributed by atoms with van der Waals surface area (Å²) in [5.74, 6) is 0.583. The molecule has 2 rings (SSSR count). The second-order valence-corrected chi connectivity index (χ2v) is 5.42. The molecule has 1 aliphatic heterocycles. The fourth-order valence-corrected chi connectivity index (χ4v) is 2.39. The summed E-state index contributed by atoms with van der Waals surface area (Å²) >= 11 is 0. The highest BCUT2D eigenvalue weighted by Crippen LogP contribution is 2.13. The largest absolute Gasteiger partial charge is 0.381 e. The van der Waals surface area contributed by atoms with Gasteiger partial charge in [-0.25, -0.2) is 0 Å². The van der Waals surface area contributed by atoms with Gasteiger partial charge in [-0.05, 0) is 56.2 Å². The Hall–Kier alpha value is -1.68. The molecule has 4 nitrogen and oxygen atoms in total. The van der Waals surface area contributed by atoms with Gasteiger partial charge in [-0.2, -0.15) is 0 Å². The average Bonchev–Trinajstić information content (AvgIpc) is 2.54. The summed E-state index contributed by atoms with van der Waals surface area (Å²) in [6.45, 7) is 2.41. The molecule has 1 aliphatic rings. The van der Waals surface area contributed by atoms with Crippen LogP contribution in [-0.4, -0.2) is 30.6 Å². The zero-order valence-electron chi connectivity index (χ0n) is 12.5. The molecule has 0 spiro atoms. The van der Waals surface area contributed by atoms with Crippen LogP contribution in [0.5, 0.6) is 0 Å². The molecule has 1 N–H and O–H groups in total. The SMILES string of the molecule is O=C(/C=C/CCCc1ccccn1)NCC1CCOCC1. The number of hydrogen-bond acceptors (Lipinski definition) is 3. The van der Waals surface area contributed by atoms with Gasteiger partial charge in [-0.15, -0.1) is 0 Å². The van der Waals surface area contributed by atoms with Gasteiger partial charge in [-0.3, -0.25) is 9.78 Å². The molecule has 0 bridgehead atoms. The molecule has 1 fully saturated rings. The van der Waals surface area contributed by atoms with Gasteiger partial charge in [0, 0.05) is 31.6 Å². The Morgan fingerprint density at radius 3 is 3.00 bits per heavy atom. The molecule has 4 heteroatoms. The first-order valence-electron chi connectivity index (χ1n) is 7.76. The van der Waals surface area contributed by atoms with Gasteiger partial charge in [0.05, 0.1) is 0 Å². The van der Waals surface area contributed by atoms with Crippen LogP contribution in [0.2, 0.25) is 0 Å². The van der Waals surface area contributed by atoms with Gasteiger partial charge >= 0.3 is 0 Å². The van der Waals surface area contributed by atoms with Crippen LogP contribution in [-0.2, 0) is 16.0 Å². The van der Waals surface area contributed by atoms with Gasteiger partial charge in [0.1, 0.15) is 0 Å². The molecule has 2 heterocycles. The van der Waals surface area contributed by atoms with E-state index in [1.54, 1.807) is 6.08 Å². The zero-order chi connectivity index (χ0) is 14.8. The number of allylic oxidation sites excluding steroid dienone is 1. The number of rotatable bonds is 7. The van der Waals surface area contributed by atoms with E-state index in [0.717, 1.165) is 57.6 Å². The van der Waals surface area contributed by atoms with E-state index in [4.69, 9.17) is 4.74 Å². The number of aromatic nitrogens is 1. The minimum atomic E-state index is 0.0133. The van der Waals surface area contributed by atoms with E-state index < -0.39 is 0 Å². The maximum Gasteiger partial charge on any atom is 0.243 e. The van der Waals surface area contributed by atoms with Crippen molar-refractivity contribution in [2.75, 3.05) is 19.8 Å². The van der Waals surface area contributed by atoms with Gasteiger partial charge in [-0.1, -0.05) is 12.1 Å². The van der Waals surface area contributed by atoms with Gasteiger partial charge in [0.25, 0.3) is 0 Å². The van der Waals surface area contributed by atoms with Crippen molar-refractivity contribution >= 4 is 5.91 Å². The molecule has 21 heavy (non-hydrogen) atoms. The average molecular weight is 288 g/mol. The number of carbonyl (C=O) groups excluding carboxylic acids is 1. The van der Waals surface area contributed by atoms with Gasteiger partial charge < -0.3 is 10.1 Å². The number of nitrogens with zero attached hydrogens (tertiary/aromatic N) is 1. The van der Waals surface area contributed by atoms with Crippen LogP contribution in [0.3, 0.4) is 0 Å². The van der Waals surface area contributed by atoms with E-state index in [1.165, 1.54) is 0 Å². The summed E-state index contributed by atoms with van der Waals surface area (Å²) in [5.41, 5.74) is 1.11. The van der Waals surface area contributed by atoms with E-state index in [-0.39, 0.29) is 5.91 Å². The zero-order valence-corrected chi connectivity index (χ0v) is 12.5. The number of amides is 1. The predicted octanol–water partition coefficient (Wildman–Crippen LogP) is 2.50. The summed E-state index contributed by atoms with van der Waals surface area (Å²) in [5, 5.41) is 2.97. The summed E-state index contributed by atoms with van der Waals surface area (Å²) in [6, 6.07) is 5.96. The van der Waals surface area contributed by atoms with Crippen molar-refractivity contribution in [1.29, 1.82) is 0 Å². The molecule has 1 amide bonds. The second-order valence-electron chi connectivity index (χ2n) is 5.42. The molecule has 0 radical (unpaired) electrons. The Balaban J connectivity index is 1.55. The fraction of sp³-hybridized carbons (Fsp3) is 0.529. The lowest BCUT2D eigenvalue weighted by atomic mass is 10.0. The normalized spacial score (nSPS) is 16.2. The molecular formula is C17H24N2O2. The molecule has 0 atom stereocenters. The first-order valence-corrected chi connectivity index (χ1v) is 7.76. The number of hydrogen-bond donors (Lipinski definition) is 1. The number of pyridine rings is 1. The second kappa shape index (κ2) is 9.29. The van der Waals surface area contributed by atoms with E-state index in [0.29, 0.717) is 5.92 Å². The molecule has 1 saturated heterocycles. The molecule has 0 unspecified atom stereocenters. The van der Waals surface area contributed by atoms with Crippen molar-refractivity contribution in [2.45, 2.75) is 32.1 Å². The standard InChI is InChI=1S/C17H24N2O2/c20-17(19-14-15-9-12-21-13-10-15)8-3-1-2-6-16-7-4-5-11-18-16/h3-5,7-8,11,15H,1-2,6,9-10,12-14H2,(H,19,20)/b8-3+. The summed E-state index contributed by atoms with van der Waals surface area (Å²) in [7, 11) is 0. The number of carbonyl (C=O) groups is 1. The van der Waals surface area contributed by atoms with Crippen LogP contribution in [0.4, 0.5) is 0 Å². The third-order valence-electron chi connectivity index (χ3n) is 3.70. The van der Waals surface area contributed by atoms with Crippen LogP contribution in [0.25, 0.3) is 0 Å². The Bertz CT molecular complexity index is 439. The highest BCUT2D eigenvalue weighted by Gasteiger charge is 2.13. The molecule has 0 saturated carbocycles. The Labute approximate surface area is 126 Å². The summed E-state index contributed by atoms with van der Waals surface area (Å²) in [6.07, 6.45) is 10.4. The van der Waals surface area contributed by atoms with Gasteiger partial charge in [0.2, 0.25) is 5.91 Å². The van der Waals surface area contributed by atoms with E-state index >= 15 is 0 Å². The van der Waals surface area contributed by atoms with E-state index in [2.05, 4.69) is 10.3 Å². The van der Waals surface area contributed by atoms with Crippen molar-refractivity contribution in [2.24, 2.45) is 5.92 Å². The molecule has 1 aromatic heterocycles. The third kappa shape index (κ3) is 6.54. The first-order chi connectivity index (χ1) is 10.3. The summed E-state index contributed by atoms with van der Waals surface area (Å²) < 4.78 is 5.30. The van der Waals surface area contributed by atoms with Gasteiger partial charge in [0.15, 0.2) is 0 Å². The van der Waals surface area contributed by atoms with Crippen molar-refractivity contribution < 1.29 is 9.53 Å². The maximum absolute atomic E-state index is 11.7. The lowest BCUT2D eigenvalue weighted by Crippen LogP contribution is -2.31. The van der Waals surface area contributed by atoms with E-state index in [1.807, 2.05) is 30.5 Å². The minimum Gasteiger partial charge on any atom is -0.381 e. The van der Waals surface area contributed by atoms with Crippen LogP contribution >= 0.6 is 0 Å². The van der Waals surface area contributed by atoms with Crippen molar-refractivity contribution in [1.82, 2.24) is 10.3 Å². The van der Waals surface area contributed by atoms with Crippen molar-refractivity contribution in [3.05, 3.63) is 42.2 Å². The van der Waals surface area contributed by atoms with E-state index in [9.17, 15) is 4.79 Å². The summed E-state index contributed by atoms with van der Waals surface area (Å²) in [4.78, 5) is 16.0. The molecule has 0 aliphatic carbocycles. The highest BCUT2D eigenvalue weighted by molar-refractivity contribution is 5.87. The highest BCUT2D eigenvalue weighted by atomic mass is 16.5. The number of nitrogens with one attached hydrogen (secondary N) is 1. The smallest absolute Gasteiger partial charge is 0.243 e. The van der Waals surface area contributed by atoms with Crippen molar-refractivity contribution in [3.8, 4) is 0 Å². The topological polar surface area (TPSA) is 51.2 Å². The van der Waals surface area contributed by atoms with Crippen LogP contribution in [0, 0.1) is 5.92 Å². The third-order valence-corrected chi connectivity index (χ3v) is 3.70. The predicted molar refractivity (Wildman–Crippen MR) is 82.9 cm³/mol. The number of aryl methyl sites for hydroxylation is 1. The van der Waals surface area contributed by atoms with Crippen molar-refractivity contribution in [3.63, 3.8) is 0 Å². The molecular weight excluding hydrogens is 264 g/mol. The van der Waals surface area contributed by atoms with Crippen LogP contribution < -0.4 is 5.32 Å². The number of unbranched alkanes of at least 4 members (excludes halogenated alkanes) is 1. The van der Waals surface area contributed by atoms with Crippen LogP contribution in [0.15, 0.2) is 36.5 Å². The molecule has 1 aromatic rings. The number of ether oxygens (including phenoxy) is 1. The Morgan fingerprint density at radius 2 is 2.24 bits per heavy atom. The maximum atomic E-state index is 11.7. The lowest BCUT2D eigenvalue weighted by molar-refractivity contribution is -0.116. The monoisotopic (exact) mass is 288 g/mol. The Kier molecular flexibility index (Phi) is 6.95. The lowest BCUT2D eigenvalue weighted by Gasteiger charge is -2.21. The minimum absolute atomic E-state index is 0.0133. The quantitative estimate of drug-likeness (QED) is 0.619.